The van der Waals surface area contributed by atoms with E-state index in [4.69, 9.17) is 0 Å². The van der Waals surface area contributed by atoms with Crippen LogP contribution in [0.3, 0.4) is 0 Å². The van der Waals surface area contributed by atoms with Crippen LogP contribution in [0, 0.1) is 11.8 Å². The van der Waals surface area contributed by atoms with Crippen LogP contribution in [-0.4, -0.2) is 14.2 Å². The first-order valence-electron chi connectivity index (χ1n) is 6.12. The third-order valence-corrected chi connectivity index (χ3v) is 2.85. The lowest BCUT2D eigenvalue weighted by Gasteiger charge is -2.12. The number of rotatable bonds is 4. The highest BCUT2D eigenvalue weighted by atomic mass is 16.2. The molecular formula is C13H19N3O. The van der Waals surface area contributed by atoms with Crippen LogP contribution in [0.25, 0.3) is 5.65 Å². The van der Waals surface area contributed by atoms with Crippen molar-refractivity contribution in [2.75, 3.05) is 0 Å². The fraction of sp³-hybridized carbons (Fsp3) is 0.538. The van der Waals surface area contributed by atoms with Crippen LogP contribution < -0.4 is 5.69 Å². The molecule has 2 heterocycles. The average Bonchev–Trinajstić information content (AvgIpc) is 2.55. The molecule has 4 nitrogen and oxygen atoms in total. The maximum atomic E-state index is 12.0. The number of pyridine rings is 1. The maximum absolute atomic E-state index is 12.0. The Labute approximate surface area is 101 Å². The first-order chi connectivity index (χ1) is 8.08. The van der Waals surface area contributed by atoms with Crippen LogP contribution in [-0.2, 0) is 6.54 Å². The van der Waals surface area contributed by atoms with Crippen molar-refractivity contribution in [3.63, 3.8) is 0 Å². The molecule has 0 spiro atoms. The van der Waals surface area contributed by atoms with Gasteiger partial charge in [-0.25, -0.2) is 9.48 Å². The maximum Gasteiger partial charge on any atom is 0.350 e. The summed E-state index contributed by atoms with van der Waals surface area (Å²) >= 11 is 0. The Morgan fingerprint density at radius 2 is 2.06 bits per heavy atom. The van der Waals surface area contributed by atoms with Gasteiger partial charge < -0.3 is 0 Å². The Morgan fingerprint density at radius 3 is 2.71 bits per heavy atom. The molecule has 0 saturated heterocycles. The van der Waals surface area contributed by atoms with Crippen molar-refractivity contribution in [1.82, 2.24) is 14.2 Å². The Hall–Kier alpha value is -1.58. The van der Waals surface area contributed by atoms with E-state index in [1.807, 2.05) is 18.2 Å². The molecule has 0 radical (unpaired) electrons. The third-order valence-electron chi connectivity index (χ3n) is 2.85. The van der Waals surface area contributed by atoms with E-state index in [2.05, 4.69) is 25.9 Å². The first kappa shape index (κ1) is 11.9. The first-order valence-corrected chi connectivity index (χ1v) is 6.12. The van der Waals surface area contributed by atoms with Crippen LogP contribution in [0.5, 0.6) is 0 Å². The summed E-state index contributed by atoms with van der Waals surface area (Å²) in [5, 5.41) is 4.33. The van der Waals surface area contributed by atoms with E-state index in [9.17, 15) is 4.79 Å². The molecule has 1 atom stereocenters. The molecule has 0 aliphatic carbocycles. The van der Waals surface area contributed by atoms with E-state index in [1.54, 1.807) is 15.3 Å². The van der Waals surface area contributed by atoms with Crippen molar-refractivity contribution < 1.29 is 0 Å². The van der Waals surface area contributed by atoms with Gasteiger partial charge in [-0.05, 0) is 30.4 Å². The van der Waals surface area contributed by atoms with Crippen LogP contribution in [0.1, 0.15) is 27.2 Å². The molecule has 1 unspecified atom stereocenters. The fourth-order valence-electron chi connectivity index (χ4n) is 2.26. The zero-order valence-electron chi connectivity index (χ0n) is 10.6. The molecule has 2 aromatic heterocycles. The van der Waals surface area contributed by atoms with Crippen molar-refractivity contribution in [1.29, 1.82) is 0 Å². The Balaban J connectivity index is 2.25. The van der Waals surface area contributed by atoms with E-state index < -0.39 is 0 Å². The largest absolute Gasteiger partial charge is 0.350 e. The smallest absolute Gasteiger partial charge is 0.250 e. The van der Waals surface area contributed by atoms with Gasteiger partial charge in [-0.3, -0.25) is 4.40 Å². The zero-order valence-corrected chi connectivity index (χ0v) is 10.6. The highest BCUT2D eigenvalue weighted by Crippen LogP contribution is 2.12. The highest BCUT2D eigenvalue weighted by molar-refractivity contribution is 5.35. The van der Waals surface area contributed by atoms with Gasteiger partial charge in [-0.15, -0.1) is 5.10 Å². The van der Waals surface area contributed by atoms with Crippen molar-refractivity contribution in [2.45, 2.75) is 33.7 Å². The molecule has 17 heavy (non-hydrogen) atoms. The number of nitrogens with zero attached hydrogens (tertiary/aromatic N) is 3. The summed E-state index contributed by atoms with van der Waals surface area (Å²) in [7, 11) is 0. The molecule has 0 aromatic carbocycles. The summed E-state index contributed by atoms with van der Waals surface area (Å²) in [4.78, 5) is 12.0. The van der Waals surface area contributed by atoms with Crippen LogP contribution in [0.4, 0.5) is 0 Å². The predicted octanol–water partition coefficient (Wildman–Crippen LogP) is 2.18. The van der Waals surface area contributed by atoms with E-state index >= 15 is 0 Å². The summed E-state index contributed by atoms with van der Waals surface area (Å²) in [6, 6.07) is 5.59. The number of aromatic nitrogens is 3. The number of hydrogen-bond acceptors (Lipinski definition) is 2. The second kappa shape index (κ2) is 4.73. The molecule has 0 aliphatic heterocycles. The summed E-state index contributed by atoms with van der Waals surface area (Å²) in [6.45, 7) is 7.25. The molecule has 92 valence electrons. The zero-order chi connectivity index (χ0) is 12.4. The van der Waals surface area contributed by atoms with Crippen LogP contribution in [0.2, 0.25) is 0 Å². The third kappa shape index (κ3) is 2.57. The van der Waals surface area contributed by atoms with Gasteiger partial charge in [0.25, 0.3) is 0 Å². The van der Waals surface area contributed by atoms with E-state index in [0.717, 1.165) is 6.42 Å². The lowest BCUT2D eigenvalue weighted by atomic mass is 9.99. The highest BCUT2D eigenvalue weighted by Gasteiger charge is 2.11. The van der Waals surface area contributed by atoms with Crippen molar-refractivity contribution >= 4 is 5.65 Å². The van der Waals surface area contributed by atoms with Crippen LogP contribution in [0.15, 0.2) is 29.2 Å². The van der Waals surface area contributed by atoms with Gasteiger partial charge >= 0.3 is 5.69 Å². The summed E-state index contributed by atoms with van der Waals surface area (Å²) < 4.78 is 3.16. The monoisotopic (exact) mass is 233 g/mol. The molecule has 2 aromatic rings. The minimum absolute atomic E-state index is 0.0452. The summed E-state index contributed by atoms with van der Waals surface area (Å²) in [5.41, 5.74) is 0.672. The Morgan fingerprint density at radius 1 is 1.29 bits per heavy atom. The normalized spacial score (nSPS) is 13.4. The van der Waals surface area contributed by atoms with E-state index in [0.29, 0.717) is 24.0 Å². The molecular weight excluding hydrogens is 214 g/mol. The summed E-state index contributed by atoms with van der Waals surface area (Å²) in [6.07, 6.45) is 2.87. The molecule has 0 aliphatic rings. The van der Waals surface area contributed by atoms with Crippen molar-refractivity contribution in [3.05, 3.63) is 34.9 Å². The van der Waals surface area contributed by atoms with E-state index in [1.165, 1.54) is 0 Å². The Kier molecular flexibility index (Phi) is 3.31. The molecule has 0 bridgehead atoms. The lowest BCUT2D eigenvalue weighted by Crippen LogP contribution is -2.24. The molecule has 0 N–H and O–H groups in total. The Bertz CT molecular complexity index is 553. The minimum atomic E-state index is -0.0452. The van der Waals surface area contributed by atoms with Gasteiger partial charge in [0.05, 0.1) is 0 Å². The molecule has 0 saturated carbocycles. The molecule has 0 amide bonds. The number of hydrogen-bond donors (Lipinski definition) is 0. The molecule has 4 heteroatoms. The number of fused-ring (bicyclic) bond motifs is 1. The van der Waals surface area contributed by atoms with Crippen molar-refractivity contribution in [3.8, 4) is 0 Å². The topological polar surface area (TPSA) is 39.3 Å². The molecule has 2 rings (SSSR count). The lowest BCUT2D eigenvalue weighted by molar-refractivity contribution is 0.368. The van der Waals surface area contributed by atoms with Crippen LogP contribution >= 0.6 is 0 Å². The molecule has 0 fully saturated rings. The standard InChI is InChI=1S/C13H19N3O/c1-10(2)8-11(3)9-16-13(17)15-7-5-4-6-12(15)14-16/h4-7,10-11H,8-9H2,1-3H3. The summed E-state index contributed by atoms with van der Waals surface area (Å²) in [5.74, 6) is 1.12. The minimum Gasteiger partial charge on any atom is -0.250 e. The van der Waals surface area contributed by atoms with Gasteiger partial charge in [0.15, 0.2) is 5.65 Å². The van der Waals surface area contributed by atoms with E-state index in [-0.39, 0.29) is 5.69 Å². The van der Waals surface area contributed by atoms with Gasteiger partial charge in [0, 0.05) is 12.7 Å². The quantitative estimate of drug-likeness (QED) is 0.812. The van der Waals surface area contributed by atoms with Gasteiger partial charge in [-0.1, -0.05) is 26.8 Å². The van der Waals surface area contributed by atoms with Gasteiger partial charge in [-0.2, -0.15) is 0 Å². The predicted molar refractivity (Wildman–Crippen MR) is 68.1 cm³/mol. The SMILES string of the molecule is CC(C)CC(C)Cn1nc2ccccn2c1=O. The van der Waals surface area contributed by atoms with Gasteiger partial charge in [0.2, 0.25) is 0 Å². The second-order valence-corrected chi connectivity index (χ2v) is 5.13. The second-order valence-electron chi connectivity index (χ2n) is 5.13. The average molecular weight is 233 g/mol. The van der Waals surface area contributed by atoms with Crippen molar-refractivity contribution in [2.24, 2.45) is 11.8 Å². The van der Waals surface area contributed by atoms with Gasteiger partial charge in [0.1, 0.15) is 0 Å². The fourth-order valence-corrected chi connectivity index (χ4v) is 2.26.